The van der Waals surface area contributed by atoms with Crippen LogP contribution in [-0.4, -0.2) is 44.3 Å². The Kier molecular flexibility index (Phi) is 12.4. The first kappa shape index (κ1) is 34.7. The third-order valence-electron chi connectivity index (χ3n) is 7.90. The quantitative estimate of drug-likeness (QED) is 0.140. The molecule has 0 radical (unpaired) electrons. The molecule has 0 fully saturated rings. The van der Waals surface area contributed by atoms with Crippen LogP contribution in [0, 0.1) is 6.92 Å². The summed E-state index contributed by atoms with van der Waals surface area (Å²) in [7, 11) is -4.17. The highest BCUT2D eigenvalue weighted by molar-refractivity contribution is 7.92. The van der Waals surface area contributed by atoms with E-state index in [-0.39, 0.29) is 23.8 Å². The molecule has 0 spiro atoms. The van der Waals surface area contributed by atoms with Gasteiger partial charge in [0.05, 0.1) is 10.6 Å². The van der Waals surface area contributed by atoms with E-state index in [2.05, 4.69) is 5.32 Å². The van der Waals surface area contributed by atoms with Crippen LogP contribution < -0.4 is 9.62 Å². The molecule has 0 unspecified atom stereocenters. The number of unbranched alkanes of at least 4 members (excludes halogenated alkanes) is 1. The average Bonchev–Trinajstić information content (AvgIpc) is 3.06. The fourth-order valence-electron chi connectivity index (χ4n) is 5.25. The highest BCUT2D eigenvalue weighted by atomic mass is 35.5. The van der Waals surface area contributed by atoms with Crippen molar-refractivity contribution in [1.29, 1.82) is 0 Å². The van der Waals surface area contributed by atoms with Gasteiger partial charge in [0.25, 0.3) is 10.0 Å². The number of amides is 2. The van der Waals surface area contributed by atoms with E-state index in [0.29, 0.717) is 23.7 Å². The first-order valence-electron chi connectivity index (χ1n) is 15.7. The maximum Gasteiger partial charge on any atom is 0.264 e. The SMILES string of the molecule is CCCCNC(=O)[C@@H](Cc1ccccc1)N(Cc1ccc(Cl)cc1)C(=O)CN(c1ccccc1CC)S(=O)(=O)c1ccc(C)cc1. The minimum Gasteiger partial charge on any atom is -0.354 e. The van der Waals surface area contributed by atoms with Crippen LogP contribution in [0.4, 0.5) is 5.69 Å². The summed E-state index contributed by atoms with van der Waals surface area (Å²) in [5.41, 5.74) is 3.78. The zero-order valence-electron chi connectivity index (χ0n) is 26.7. The van der Waals surface area contributed by atoms with E-state index in [9.17, 15) is 18.0 Å². The van der Waals surface area contributed by atoms with Gasteiger partial charge in [-0.2, -0.15) is 0 Å². The topological polar surface area (TPSA) is 86.8 Å². The molecule has 2 amide bonds. The van der Waals surface area contributed by atoms with Crippen LogP contribution in [-0.2, 0) is 39.0 Å². The van der Waals surface area contributed by atoms with Crippen LogP contribution in [0.2, 0.25) is 5.02 Å². The van der Waals surface area contributed by atoms with E-state index >= 15 is 0 Å². The van der Waals surface area contributed by atoms with Crippen molar-refractivity contribution in [1.82, 2.24) is 10.2 Å². The summed E-state index contributed by atoms with van der Waals surface area (Å²) in [5.74, 6) is -0.787. The largest absolute Gasteiger partial charge is 0.354 e. The molecule has 242 valence electrons. The Bertz CT molecular complexity index is 1700. The third kappa shape index (κ3) is 8.98. The summed E-state index contributed by atoms with van der Waals surface area (Å²) in [6, 6.07) is 29.5. The first-order valence-corrected chi connectivity index (χ1v) is 17.5. The molecule has 4 rings (SSSR count). The summed E-state index contributed by atoms with van der Waals surface area (Å²) in [5, 5.41) is 3.56. The zero-order chi connectivity index (χ0) is 33.1. The Labute approximate surface area is 278 Å². The van der Waals surface area contributed by atoms with Crippen molar-refractivity contribution in [2.24, 2.45) is 0 Å². The van der Waals surface area contributed by atoms with Crippen molar-refractivity contribution in [2.45, 2.75) is 63.9 Å². The minimum atomic E-state index is -4.17. The molecule has 0 aliphatic carbocycles. The second kappa shape index (κ2) is 16.4. The number of nitrogens with zero attached hydrogens (tertiary/aromatic N) is 2. The number of carbonyl (C=O) groups excluding carboxylic acids is 2. The standard InChI is InChI=1S/C37H42ClN3O4S/c1-4-6-24-39-37(43)35(25-29-12-8-7-9-13-29)40(26-30-18-20-32(38)21-19-30)36(42)27-41(34-15-11-10-14-31(34)5-2)46(44,45)33-22-16-28(3)17-23-33/h7-23,35H,4-6,24-27H2,1-3H3,(H,39,43)/t35-/m1/s1. The number of aryl methyl sites for hydroxylation is 2. The number of benzene rings is 4. The first-order chi connectivity index (χ1) is 22.1. The van der Waals surface area contributed by atoms with Gasteiger partial charge in [0.1, 0.15) is 12.6 Å². The molecular weight excluding hydrogens is 618 g/mol. The number of nitrogens with one attached hydrogen (secondary N) is 1. The molecule has 1 N–H and O–H groups in total. The van der Waals surface area contributed by atoms with Gasteiger partial charge >= 0.3 is 0 Å². The molecule has 9 heteroatoms. The number of hydrogen-bond acceptors (Lipinski definition) is 4. The molecule has 4 aromatic carbocycles. The lowest BCUT2D eigenvalue weighted by Gasteiger charge is -2.34. The summed E-state index contributed by atoms with van der Waals surface area (Å²) >= 11 is 6.17. The molecule has 0 saturated heterocycles. The molecule has 0 aliphatic rings. The van der Waals surface area contributed by atoms with E-state index in [1.54, 1.807) is 48.5 Å². The molecule has 4 aromatic rings. The van der Waals surface area contributed by atoms with E-state index in [4.69, 9.17) is 11.6 Å². The van der Waals surface area contributed by atoms with Gasteiger partial charge in [-0.15, -0.1) is 0 Å². The summed E-state index contributed by atoms with van der Waals surface area (Å²) in [6.07, 6.45) is 2.52. The lowest BCUT2D eigenvalue weighted by molar-refractivity contribution is -0.140. The fourth-order valence-corrected chi connectivity index (χ4v) is 6.83. The molecule has 0 bridgehead atoms. The Hall–Kier alpha value is -4.14. The Morgan fingerprint density at radius 2 is 1.48 bits per heavy atom. The number of carbonyl (C=O) groups is 2. The van der Waals surface area contributed by atoms with Crippen LogP contribution in [0.1, 0.15) is 48.9 Å². The van der Waals surface area contributed by atoms with E-state index < -0.39 is 28.5 Å². The van der Waals surface area contributed by atoms with Crippen molar-refractivity contribution in [3.63, 3.8) is 0 Å². The van der Waals surface area contributed by atoms with Gasteiger partial charge in [0.2, 0.25) is 11.8 Å². The van der Waals surface area contributed by atoms with Crippen molar-refractivity contribution in [2.75, 3.05) is 17.4 Å². The summed E-state index contributed by atoms with van der Waals surface area (Å²) in [4.78, 5) is 30.1. The van der Waals surface area contributed by atoms with Gasteiger partial charge in [-0.1, -0.05) is 110 Å². The van der Waals surface area contributed by atoms with Gasteiger partial charge in [0.15, 0.2) is 0 Å². The summed E-state index contributed by atoms with van der Waals surface area (Å²) in [6.45, 7) is 5.94. The molecule has 0 aliphatic heterocycles. The van der Waals surface area contributed by atoms with E-state index in [1.165, 1.54) is 9.21 Å². The Morgan fingerprint density at radius 3 is 2.13 bits per heavy atom. The van der Waals surface area contributed by atoms with Gasteiger partial charge in [-0.25, -0.2) is 8.42 Å². The fraction of sp³-hybridized carbons (Fsp3) is 0.297. The lowest BCUT2D eigenvalue weighted by atomic mass is 10.0. The molecule has 0 saturated carbocycles. The molecule has 7 nitrogen and oxygen atoms in total. The van der Waals surface area contributed by atoms with Crippen LogP contribution in [0.15, 0.2) is 108 Å². The number of rotatable bonds is 15. The highest BCUT2D eigenvalue weighted by Gasteiger charge is 2.35. The smallest absolute Gasteiger partial charge is 0.264 e. The Morgan fingerprint density at radius 1 is 0.826 bits per heavy atom. The molecule has 0 aromatic heterocycles. The molecular formula is C37H42ClN3O4S. The number of anilines is 1. The summed E-state index contributed by atoms with van der Waals surface area (Å²) < 4.78 is 29.8. The third-order valence-corrected chi connectivity index (χ3v) is 9.92. The van der Waals surface area contributed by atoms with Crippen LogP contribution in [0.25, 0.3) is 0 Å². The van der Waals surface area contributed by atoms with Crippen LogP contribution in [0.5, 0.6) is 0 Å². The second-order valence-electron chi connectivity index (χ2n) is 11.3. The van der Waals surface area contributed by atoms with Crippen molar-refractivity contribution in [3.8, 4) is 0 Å². The Balaban J connectivity index is 1.81. The van der Waals surface area contributed by atoms with Crippen LogP contribution in [0.3, 0.4) is 0 Å². The highest BCUT2D eigenvalue weighted by Crippen LogP contribution is 2.29. The lowest BCUT2D eigenvalue weighted by Crippen LogP contribution is -2.53. The number of sulfonamides is 1. The normalized spacial score (nSPS) is 11.9. The van der Waals surface area contributed by atoms with Gasteiger partial charge in [0, 0.05) is 24.5 Å². The number of para-hydroxylation sites is 1. The predicted molar refractivity (Wildman–Crippen MR) is 185 cm³/mol. The molecule has 46 heavy (non-hydrogen) atoms. The van der Waals surface area contributed by atoms with Gasteiger partial charge in [-0.3, -0.25) is 13.9 Å². The number of halogens is 1. The van der Waals surface area contributed by atoms with Crippen LogP contribution >= 0.6 is 11.6 Å². The maximum atomic E-state index is 14.6. The van der Waals surface area contributed by atoms with Gasteiger partial charge in [-0.05, 0) is 66.8 Å². The second-order valence-corrected chi connectivity index (χ2v) is 13.6. The number of hydrogen-bond donors (Lipinski definition) is 1. The maximum absolute atomic E-state index is 14.6. The average molecular weight is 660 g/mol. The monoisotopic (exact) mass is 659 g/mol. The van der Waals surface area contributed by atoms with E-state index in [0.717, 1.165) is 35.1 Å². The van der Waals surface area contributed by atoms with Gasteiger partial charge < -0.3 is 10.2 Å². The van der Waals surface area contributed by atoms with Crippen molar-refractivity contribution < 1.29 is 18.0 Å². The van der Waals surface area contributed by atoms with E-state index in [1.807, 2.05) is 75.4 Å². The van der Waals surface area contributed by atoms with Crippen molar-refractivity contribution >= 4 is 39.1 Å². The minimum absolute atomic E-state index is 0.0826. The molecule has 0 heterocycles. The predicted octanol–water partition coefficient (Wildman–Crippen LogP) is 6.96. The molecule has 1 atom stereocenters. The zero-order valence-corrected chi connectivity index (χ0v) is 28.2. The van der Waals surface area contributed by atoms with Crippen molar-refractivity contribution in [3.05, 3.63) is 130 Å².